The predicted octanol–water partition coefficient (Wildman–Crippen LogP) is 3.39. The van der Waals surface area contributed by atoms with Gasteiger partial charge in [-0.1, -0.05) is 12.1 Å². The lowest BCUT2D eigenvalue weighted by Gasteiger charge is -2.35. The molecule has 0 saturated heterocycles. The minimum absolute atomic E-state index is 0.0128. The zero-order chi connectivity index (χ0) is 26.4. The highest BCUT2D eigenvalue weighted by Gasteiger charge is 2.33. The molecule has 0 bridgehead atoms. The molecule has 10 nitrogen and oxygen atoms in total. The van der Waals surface area contributed by atoms with Crippen LogP contribution in [0.3, 0.4) is 0 Å². The number of aldehydes is 1. The van der Waals surface area contributed by atoms with Crippen molar-refractivity contribution in [2.45, 2.75) is 31.4 Å². The molecule has 0 unspecified atom stereocenters. The Hall–Kier alpha value is -4.38. The van der Waals surface area contributed by atoms with Crippen LogP contribution >= 0.6 is 0 Å². The molecule has 2 atom stereocenters. The minimum atomic E-state index is -0.547. The molecule has 1 fully saturated rings. The fraction of sp³-hybridized carbons (Fsp3) is 0.296. The lowest BCUT2D eigenvalue weighted by molar-refractivity contribution is 0.00718. The maximum absolute atomic E-state index is 14.8. The number of aromatic nitrogens is 4. The first-order valence-electron chi connectivity index (χ1n) is 12.4. The van der Waals surface area contributed by atoms with Crippen LogP contribution in [0, 0.1) is 5.82 Å². The van der Waals surface area contributed by atoms with Gasteiger partial charge in [0.1, 0.15) is 11.5 Å². The van der Waals surface area contributed by atoms with Gasteiger partial charge < -0.3 is 20.3 Å². The number of nitrogens with one attached hydrogen (secondary N) is 2. The highest BCUT2D eigenvalue weighted by molar-refractivity contribution is 5.94. The Kier molecular flexibility index (Phi) is 5.99. The number of halogens is 1. The van der Waals surface area contributed by atoms with E-state index < -0.39 is 5.82 Å². The second kappa shape index (κ2) is 9.49. The van der Waals surface area contributed by atoms with Gasteiger partial charge in [0, 0.05) is 49.8 Å². The Morgan fingerprint density at radius 3 is 2.79 bits per heavy atom. The highest BCUT2D eigenvalue weighted by atomic mass is 19.1. The number of hydrogen-bond acceptors (Lipinski definition) is 8. The van der Waals surface area contributed by atoms with Gasteiger partial charge >= 0.3 is 0 Å². The summed E-state index contributed by atoms with van der Waals surface area (Å²) in [5.74, 6) is -0.192. The summed E-state index contributed by atoms with van der Waals surface area (Å²) < 4.78 is 21.8. The standard InChI is InChI=1S/C27H26FN7O3/c1-29-20-11-24(33-35-22(13-31-26(20)35)27(37)32-19-6-7-23(19)38-2)34-9-8-16-17(4-3-5-21(16)34)25-18(28)10-15(14-36)12-30-25/h3-5,10-14,19,23,29H,6-9H2,1-2H3,(H,32,37)/t19-,23-/m1/s1. The number of nitrogens with zero attached hydrogens (tertiary/aromatic N) is 5. The minimum Gasteiger partial charge on any atom is -0.385 e. The van der Waals surface area contributed by atoms with Gasteiger partial charge in [-0.15, -0.1) is 5.10 Å². The van der Waals surface area contributed by atoms with Crippen LogP contribution in [0.2, 0.25) is 0 Å². The van der Waals surface area contributed by atoms with Gasteiger partial charge in [0.05, 0.1) is 24.0 Å². The van der Waals surface area contributed by atoms with Crippen LogP contribution in [0.1, 0.15) is 39.3 Å². The van der Waals surface area contributed by atoms with Crippen molar-refractivity contribution < 1.29 is 18.7 Å². The maximum Gasteiger partial charge on any atom is 0.271 e. The molecule has 11 heteroatoms. The van der Waals surface area contributed by atoms with E-state index in [2.05, 4.69) is 20.6 Å². The van der Waals surface area contributed by atoms with Gasteiger partial charge in [-0.2, -0.15) is 0 Å². The largest absolute Gasteiger partial charge is 0.385 e. The molecule has 0 radical (unpaired) electrons. The van der Waals surface area contributed by atoms with Gasteiger partial charge in [0.25, 0.3) is 5.91 Å². The van der Waals surface area contributed by atoms with Crippen LogP contribution in [0.15, 0.2) is 42.7 Å². The number of amides is 1. The summed E-state index contributed by atoms with van der Waals surface area (Å²) in [5.41, 5.74) is 4.45. The van der Waals surface area contributed by atoms with E-state index in [0.29, 0.717) is 47.7 Å². The molecule has 194 valence electrons. The zero-order valence-corrected chi connectivity index (χ0v) is 20.9. The number of fused-ring (bicyclic) bond motifs is 2. The van der Waals surface area contributed by atoms with Crippen molar-refractivity contribution in [3.63, 3.8) is 0 Å². The van der Waals surface area contributed by atoms with Crippen molar-refractivity contribution in [3.05, 3.63) is 65.4 Å². The SMILES string of the molecule is CNc1cc(N2CCc3c(-c4ncc(C=O)cc4F)cccc32)nn2c(C(=O)N[C@@H]3CC[C@H]3OC)cnc12. The summed E-state index contributed by atoms with van der Waals surface area (Å²) in [4.78, 5) is 34.8. The second-order valence-corrected chi connectivity index (χ2v) is 9.40. The third-order valence-corrected chi connectivity index (χ3v) is 7.34. The number of rotatable bonds is 7. The molecule has 2 N–H and O–H groups in total. The zero-order valence-electron chi connectivity index (χ0n) is 20.9. The molecular weight excluding hydrogens is 489 g/mol. The quantitative estimate of drug-likeness (QED) is 0.360. The van der Waals surface area contributed by atoms with Crippen LogP contribution in [0.25, 0.3) is 16.9 Å². The first-order valence-corrected chi connectivity index (χ1v) is 12.4. The Morgan fingerprint density at radius 1 is 1.21 bits per heavy atom. The molecule has 1 aliphatic heterocycles. The fourth-order valence-electron chi connectivity index (χ4n) is 5.19. The van der Waals surface area contributed by atoms with E-state index in [1.807, 2.05) is 29.2 Å². The van der Waals surface area contributed by atoms with Gasteiger partial charge in [-0.05, 0) is 37.0 Å². The van der Waals surface area contributed by atoms with E-state index in [4.69, 9.17) is 9.84 Å². The van der Waals surface area contributed by atoms with Crippen LogP contribution in [-0.2, 0) is 11.2 Å². The lowest BCUT2D eigenvalue weighted by Crippen LogP contribution is -2.51. The number of hydrogen-bond donors (Lipinski definition) is 2. The third-order valence-electron chi connectivity index (χ3n) is 7.34. The van der Waals surface area contributed by atoms with Crippen LogP contribution in [0.5, 0.6) is 0 Å². The number of imidazole rings is 1. The average molecular weight is 516 g/mol. The van der Waals surface area contributed by atoms with Crippen LogP contribution in [0.4, 0.5) is 21.6 Å². The Labute approximate surface area is 217 Å². The fourth-order valence-corrected chi connectivity index (χ4v) is 5.19. The topological polar surface area (TPSA) is 114 Å². The molecule has 4 heterocycles. The number of ether oxygens (including phenoxy) is 1. The molecule has 2 aliphatic rings. The molecular formula is C27H26FN7O3. The summed E-state index contributed by atoms with van der Waals surface area (Å²) >= 11 is 0. The highest BCUT2D eigenvalue weighted by Crippen LogP contribution is 2.40. The molecule has 0 spiro atoms. The monoisotopic (exact) mass is 515 g/mol. The van der Waals surface area contributed by atoms with E-state index in [9.17, 15) is 14.0 Å². The number of methoxy groups -OCH3 is 1. The molecule has 1 amide bonds. The normalized spacial score (nSPS) is 18.2. The van der Waals surface area contributed by atoms with E-state index in [0.717, 1.165) is 24.1 Å². The van der Waals surface area contributed by atoms with Gasteiger partial charge in [0.2, 0.25) is 0 Å². The third kappa shape index (κ3) is 3.86. The molecule has 4 aromatic rings. The van der Waals surface area contributed by atoms with Crippen LogP contribution in [-0.4, -0.2) is 64.6 Å². The van der Waals surface area contributed by atoms with Crippen molar-refractivity contribution in [1.82, 2.24) is 24.9 Å². The first-order chi connectivity index (χ1) is 18.5. The smallest absolute Gasteiger partial charge is 0.271 e. The van der Waals surface area contributed by atoms with Gasteiger partial charge in [0.15, 0.2) is 23.4 Å². The second-order valence-electron chi connectivity index (χ2n) is 9.40. The summed E-state index contributed by atoms with van der Waals surface area (Å²) in [5, 5.41) is 11.0. The Bertz CT molecular complexity index is 1570. The molecule has 3 aromatic heterocycles. The van der Waals surface area contributed by atoms with Gasteiger partial charge in [-0.3, -0.25) is 14.6 Å². The molecule has 38 heavy (non-hydrogen) atoms. The van der Waals surface area contributed by atoms with E-state index >= 15 is 0 Å². The number of benzene rings is 1. The lowest BCUT2D eigenvalue weighted by atomic mass is 9.89. The summed E-state index contributed by atoms with van der Waals surface area (Å²) in [6.45, 7) is 0.607. The summed E-state index contributed by atoms with van der Waals surface area (Å²) in [6.07, 6.45) is 5.91. The van der Waals surface area contributed by atoms with Crippen LogP contribution < -0.4 is 15.5 Å². The van der Waals surface area contributed by atoms with Crippen molar-refractivity contribution >= 4 is 35.0 Å². The molecule has 1 saturated carbocycles. The number of anilines is 3. The average Bonchev–Trinajstić information content (AvgIpc) is 3.55. The summed E-state index contributed by atoms with van der Waals surface area (Å²) in [7, 11) is 3.44. The van der Waals surface area contributed by atoms with Crippen molar-refractivity contribution in [3.8, 4) is 11.3 Å². The Morgan fingerprint density at radius 2 is 2.08 bits per heavy atom. The van der Waals surface area contributed by atoms with Crippen molar-refractivity contribution in [1.29, 1.82) is 0 Å². The van der Waals surface area contributed by atoms with Gasteiger partial charge in [-0.25, -0.2) is 13.9 Å². The predicted molar refractivity (Wildman–Crippen MR) is 140 cm³/mol. The first kappa shape index (κ1) is 24.0. The van der Waals surface area contributed by atoms with Crippen molar-refractivity contribution in [2.24, 2.45) is 0 Å². The summed E-state index contributed by atoms with van der Waals surface area (Å²) in [6, 6.07) is 8.67. The van der Waals surface area contributed by atoms with E-state index in [1.54, 1.807) is 18.7 Å². The number of pyridine rings is 1. The molecule has 1 aromatic carbocycles. The number of carbonyl (C=O) groups is 2. The number of carbonyl (C=O) groups excluding carboxylic acids is 2. The van der Waals surface area contributed by atoms with Crippen molar-refractivity contribution in [2.75, 3.05) is 30.9 Å². The molecule has 6 rings (SSSR count). The molecule has 1 aliphatic carbocycles. The maximum atomic E-state index is 14.8. The van der Waals surface area contributed by atoms with E-state index in [-0.39, 0.29) is 29.3 Å². The van der Waals surface area contributed by atoms with E-state index in [1.165, 1.54) is 18.5 Å². The Balaban J connectivity index is 1.38.